The molecule has 7 heteroatoms. The average Bonchev–Trinajstić information content (AvgIpc) is 2.88. The number of carbonyl (C=O) groups is 3. The predicted octanol–water partition coefficient (Wildman–Crippen LogP) is 2.03. The van der Waals surface area contributed by atoms with Crippen molar-refractivity contribution in [3.63, 3.8) is 0 Å². The van der Waals surface area contributed by atoms with Crippen molar-refractivity contribution >= 4 is 17.8 Å². The largest absolute Gasteiger partial charge is 0.478 e. The van der Waals surface area contributed by atoms with Crippen LogP contribution in [0.15, 0.2) is 18.5 Å². The number of hydrogen-bond donors (Lipinski definition) is 1. The second-order valence-corrected chi connectivity index (χ2v) is 6.59. The lowest BCUT2D eigenvalue weighted by Crippen LogP contribution is -2.46. The quantitative estimate of drug-likeness (QED) is 0.880. The van der Waals surface area contributed by atoms with Crippen molar-refractivity contribution in [3.05, 3.63) is 29.6 Å². The SMILES string of the molecule is CC(C)N(CC(=O)N1CCCCCC1)C(=O)c1cncc(C(=O)O)c1. The van der Waals surface area contributed by atoms with E-state index in [-0.39, 0.29) is 35.5 Å². The van der Waals surface area contributed by atoms with Gasteiger partial charge in [-0.25, -0.2) is 4.79 Å². The second-order valence-electron chi connectivity index (χ2n) is 6.59. The van der Waals surface area contributed by atoms with Gasteiger partial charge in [-0.1, -0.05) is 12.8 Å². The molecule has 0 radical (unpaired) electrons. The summed E-state index contributed by atoms with van der Waals surface area (Å²) < 4.78 is 0. The summed E-state index contributed by atoms with van der Waals surface area (Å²) in [7, 11) is 0. The number of aromatic carboxylic acids is 1. The van der Waals surface area contributed by atoms with Crippen LogP contribution < -0.4 is 0 Å². The highest BCUT2D eigenvalue weighted by Gasteiger charge is 2.25. The number of carboxylic acids is 1. The van der Waals surface area contributed by atoms with Gasteiger partial charge in [0, 0.05) is 31.5 Å². The van der Waals surface area contributed by atoms with Crippen LogP contribution in [0.3, 0.4) is 0 Å². The monoisotopic (exact) mass is 347 g/mol. The molecule has 1 fully saturated rings. The Morgan fingerprint density at radius 1 is 1.12 bits per heavy atom. The van der Waals surface area contributed by atoms with Crippen molar-refractivity contribution in [1.82, 2.24) is 14.8 Å². The minimum Gasteiger partial charge on any atom is -0.478 e. The van der Waals surface area contributed by atoms with Gasteiger partial charge in [-0.05, 0) is 32.8 Å². The van der Waals surface area contributed by atoms with Crippen LogP contribution in [-0.4, -0.2) is 63.4 Å². The van der Waals surface area contributed by atoms with Crippen LogP contribution in [0.2, 0.25) is 0 Å². The van der Waals surface area contributed by atoms with Gasteiger partial charge < -0.3 is 14.9 Å². The van der Waals surface area contributed by atoms with E-state index in [0.717, 1.165) is 38.8 Å². The van der Waals surface area contributed by atoms with Crippen LogP contribution in [0.25, 0.3) is 0 Å². The first-order chi connectivity index (χ1) is 11.9. The molecule has 0 atom stereocenters. The van der Waals surface area contributed by atoms with Crippen LogP contribution in [0.5, 0.6) is 0 Å². The van der Waals surface area contributed by atoms with E-state index in [4.69, 9.17) is 5.11 Å². The molecule has 1 N–H and O–H groups in total. The molecule has 0 aromatic carbocycles. The molecule has 0 saturated carbocycles. The molecule has 2 amide bonds. The zero-order chi connectivity index (χ0) is 18.4. The third kappa shape index (κ3) is 5.01. The van der Waals surface area contributed by atoms with Gasteiger partial charge in [0.25, 0.3) is 5.91 Å². The van der Waals surface area contributed by atoms with Crippen molar-refractivity contribution in [2.75, 3.05) is 19.6 Å². The summed E-state index contributed by atoms with van der Waals surface area (Å²) in [6.45, 7) is 5.13. The Kier molecular flexibility index (Phi) is 6.50. The van der Waals surface area contributed by atoms with E-state index >= 15 is 0 Å². The van der Waals surface area contributed by atoms with Crippen LogP contribution >= 0.6 is 0 Å². The highest BCUT2D eigenvalue weighted by molar-refractivity contribution is 5.98. The lowest BCUT2D eigenvalue weighted by atomic mass is 10.1. The van der Waals surface area contributed by atoms with Crippen molar-refractivity contribution < 1.29 is 19.5 Å². The van der Waals surface area contributed by atoms with E-state index in [2.05, 4.69) is 4.98 Å². The average molecular weight is 347 g/mol. The number of likely N-dealkylation sites (tertiary alicyclic amines) is 1. The van der Waals surface area contributed by atoms with E-state index < -0.39 is 5.97 Å². The maximum absolute atomic E-state index is 12.8. The number of nitrogens with zero attached hydrogens (tertiary/aromatic N) is 3. The Hall–Kier alpha value is -2.44. The molecule has 2 rings (SSSR count). The normalized spacial score (nSPS) is 14.9. The van der Waals surface area contributed by atoms with E-state index in [1.165, 1.54) is 23.4 Å². The molecule has 0 spiro atoms. The lowest BCUT2D eigenvalue weighted by Gasteiger charge is -2.29. The number of amides is 2. The Labute approximate surface area is 147 Å². The molecule has 1 aliphatic rings. The summed E-state index contributed by atoms with van der Waals surface area (Å²) in [6.07, 6.45) is 6.77. The van der Waals surface area contributed by atoms with Gasteiger partial charge >= 0.3 is 5.97 Å². The van der Waals surface area contributed by atoms with Gasteiger partial charge in [0.2, 0.25) is 5.91 Å². The molecule has 1 saturated heterocycles. The van der Waals surface area contributed by atoms with E-state index in [1.807, 2.05) is 18.7 Å². The molecular formula is C18H25N3O4. The summed E-state index contributed by atoms with van der Waals surface area (Å²) in [4.78, 5) is 43.6. The fourth-order valence-corrected chi connectivity index (χ4v) is 2.89. The molecule has 1 aromatic heterocycles. The summed E-state index contributed by atoms with van der Waals surface area (Å²) in [5, 5.41) is 9.06. The standard InChI is InChI=1S/C18H25N3O4/c1-13(2)21(12-16(22)20-7-5-3-4-6-8-20)17(23)14-9-15(18(24)25)11-19-10-14/h9-11,13H,3-8,12H2,1-2H3,(H,24,25). The van der Waals surface area contributed by atoms with Gasteiger partial charge in [0.1, 0.15) is 6.54 Å². The van der Waals surface area contributed by atoms with Crippen molar-refractivity contribution in [1.29, 1.82) is 0 Å². The number of rotatable bonds is 5. The number of hydrogen-bond acceptors (Lipinski definition) is 4. The molecule has 136 valence electrons. The van der Waals surface area contributed by atoms with Crippen molar-refractivity contribution in [2.45, 2.75) is 45.6 Å². The smallest absolute Gasteiger partial charge is 0.337 e. The van der Waals surface area contributed by atoms with Crippen molar-refractivity contribution in [2.24, 2.45) is 0 Å². The van der Waals surface area contributed by atoms with Gasteiger partial charge in [-0.3, -0.25) is 14.6 Å². The van der Waals surface area contributed by atoms with Gasteiger partial charge in [-0.15, -0.1) is 0 Å². The molecular weight excluding hydrogens is 322 g/mol. The highest BCUT2D eigenvalue weighted by Crippen LogP contribution is 2.13. The molecule has 1 aliphatic heterocycles. The topological polar surface area (TPSA) is 90.8 Å². The summed E-state index contributed by atoms with van der Waals surface area (Å²) in [5.41, 5.74) is 0.130. The number of carboxylic acid groups (broad SMARTS) is 1. The zero-order valence-corrected chi connectivity index (χ0v) is 14.8. The van der Waals surface area contributed by atoms with E-state index in [0.29, 0.717) is 0 Å². The summed E-state index contributed by atoms with van der Waals surface area (Å²) >= 11 is 0. The molecule has 7 nitrogen and oxygen atoms in total. The molecule has 0 aliphatic carbocycles. The van der Waals surface area contributed by atoms with E-state index in [1.54, 1.807) is 0 Å². The highest BCUT2D eigenvalue weighted by atomic mass is 16.4. The van der Waals surface area contributed by atoms with Crippen LogP contribution in [-0.2, 0) is 4.79 Å². The van der Waals surface area contributed by atoms with Crippen LogP contribution in [0.4, 0.5) is 0 Å². The third-order valence-electron chi connectivity index (χ3n) is 4.38. The minimum atomic E-state index is -1.14. The summed E-state index contributed by atoms with van der Waals surface area (Å²) in [5.74, 6) is -1.58. The lowest BCUT2D eigenvalue weighted by molar-refractivity contribution is -0.132. The van der Waals surface area contributed by atoms with E-state index in [9.17, 15) is 14.4 Å². The first-order valence-electron chi connectivity index (χ1n) is 8.67. The molecule has 0 unspecified atom stereocenters. The minimum absolute atomic E-state index is 0.00615. The number of carbonyl (C=O) groups excluding carboxylic acids is 2. The Morgan fingerprint density at radius 2 is 1.72 bits per heavy atom. The molecule has 0 bridgehead atoms. The molecule has 25 heavy (non-hydrogen) atoms. The zero-order valence-electron chi connectivity index (χ0n) is 14.8. The van der Waals surface area contributed by atoms with Crippen molar-refractivity contribution in [3.8, 4) is 0 Å². The predicted molar refractivity (Wildman–Crippen MR) is 92.4 cm³/mol. The first-order valence-corrected chi connectivity index (χ1v) is 8.67. The van der Waals surface area contributed by atoms with Gasteiger partial charge in [0.05, 0.1) is 11.1 Å². The van der Waals surface area contributed by atoms with Gasteiger partial charge in [0.15, 0.2) is 0 Å². The van der Waals surface area contributed by atoms with Crippen LogP contribution in [0.1, 0.15) is 60.2 Å². The first kappa shape index (κ1) is 18.9. The van der Waals surface area contributed by atoms with Gasteiger partial charge in [-0.2, -0.15) is 0 Å². The Balaban J connectivity index is 2.13. The number of aromatic nitrogens is 1. The number of pyridine rings is 1. The third-order valence-corrected chi connectivity index (χ3v) is 4.38. The maximum Gasteiger partial charge on any atom is 0.337 e. The van der Waals surface area contributed by atoms with Crippen LogP contribution in [0, 0.1) is 0 Å². The maximum atomic E-state index is 12.8. The second kappa shape index (κ2) is 8.60. The fourth-order valence-electron chi connectivity index (χ4n) is 2.89. The molecule has 2 heterocycles. The Morgan fingerprint density at radius 3 is 2.28 bits per heavy atom. The Bertz CT molecular complexity index is 637. The molecule has 1 aromatic rings. The fraction of sp³-hybridized carbons (Fsp3) is 0.556. The summed E-state index contributed by atoms with van der Waals surface area (Å²) in [6, 6.07) is 1.11.